The second-order valence-electron chi connectivity index (χ2n) is 9.25. The summed E-state index contributed by atoms with van der Waals surface area (Å²) in [6.07, 6.45) is 1.79. The van der Waals surface area contributed by atoms with E-state index in [0.717, 1.165) is 43.2 Å². The summed E-state index contributed by atoms with van der Waals surface area (Å²) >= 11 is 1.45. The van der Waals surface area contributed by atoms with Gasteiger partial charge in [0.2, 0.25) is 10.4 Å². The highest BCUT2D eigenvalue weighted by Gasteiger charge is 2.22. The van der Waals surface area contributed by atoms with Crippen LogP contribution in [0.25, 0.3) is 38.5 Å². The van der Waals surface area contributed by atoms with Crippen LogP contribution in [0, 0.1) is 5.82 Å². The van der Waals surface area contributed by atoms with Crippen molar-refractivity contribution in [2.75, 3.05) is 45.2 Å². The molecule has 0 amide bonds. The Kier molecular flexibility index (Phi) is 5.92. The summed E-state index contributed by atoms with van der Waals surface area (Å²) in [7, 11) is 3.70. The standard InChI is InChI=1S/C27H27FN6O2S/c1-4-32-15-20(25(35)19-13-21(28)23(14-22(19)32)33-11-9-31(2)10-12-33)26-29-27-34(30-26)24(16-37-27)17-5-7-18(36-3)8-6-17/h5-8,13-16H,4,9-12H2,1-3H3. The molecule has 4 heterocycles. The molecule has 8 nitrogen and oxygen atoms in total. The maximum atomic E-state index is 15.3. The molecule has 1 saturated heterocycles. The molecule has 0 unspecified atom stereocenters. The molecule has 3 aromatic heterocycles. The lowest BCUT2D eigenvalue weighted by Crippen LogP contribution is -2.44. The molecule has 0 atom stereocenters. The minimum Gasteiger partial charge on any atom is -0.497 e. The number of benzene rings is 2. The Morgan fingerprint density at radius 3 is 2.57 bits per heavy atom. The number of pyridine rings is 1. The normalized spacial score (nSPS) is 14.6. The summed E-state index contributed by atoms with van der Waals surface area (Å²) < 4.78 is 24.3. The first-order valence-corrected chi connectivity index (χ1v) is 13.1. The zero-order valence-corrected chi connectivity index (χ0v) is 21.8. The SMILES string of the molecule is CCn1cc(-c2nc3scc(-c4ccc(OC)cc4)n3n2)c(=O)c2cc(F)c(N3CCN(C)CC3)cc21. The maximum absolute atomic E-state index is 15.3. The average molecular weight is 519 g/mol. The highest BCUT2D eigenvalue weighted by Crippen LogP contribution is 2.30. The van der Waals surface area contributed by atoms with Crippen LogP contribution in [0.1, 0.15) is 6.92 Å². The molecule has 10 heteroatoms. The lowest BCUT2D eigenvalue weighted by Gasteiger charge is -2.34. The molecule has 1 fully saturated rings. The number of piperazine rings is 1. The van der Waals surface area contributed by atoms with Crippen LogP contribution in [0.2, 0.25) is 0 Å². The van der Waals surface area contributed by atoms with E-state index in [1.165, 1.54) is 17.4 Å². The topological polar surface area (TPSA) is 67.9 Å². The van der Waals surface area contributed by atoms with E-state index in [0.29, 0.717) is 39.5 Å². The van der Waals surface area contributed by atoms with E-state index in [1.54, 1.807) is 17.8 Å². The molecule has 0 spiro atoms. The van der Waals surface area contributed by atoms with E-state index >= 15 is 4.39 Å². The largest absolute Gasteiger partial charge is 0.497 e. The molecular formula is C27H27FN6O2S. The number of aromatic nitrogens is 4. The molecule has 0 bridgehead atoms. The third kappa shape index (κ3) is 4.06. The molecule has 2 aromatic carbocycles. The van der Waals surface area contributed by atoms with E-state index in [1.807, 2.05) is 47.2 Å². The van der Waals surface area contributed by atoms with E-state index in [-0.39, 0.29) is 11.2 Å². The second kappa shape index (κ2) is 9.28. The van der Waals surface area contributed by atoms with Gasteiger partial charge in [0, 0.05) is 55.3 Å². The van der Waals surface area contributed by atoms with Crippen molar-refractivity contribution in [2.45, 2.75) is 13.5 Å². The molecule has 190 valence electrons. The smallest absolute Gasteiger partial charge is 0.213 e. The van der Waals surface area contributed by atoms with Crippen molar-refractivity contribution >= 4 is 32.9 Å². The van der Waals surface area contributed by atoms with E-state index in [2.05, 4.69) is 21.8 Å². The molecule has 0 aliphatic carbocycles. The van der Waals surface area contributed by atoms with Gasteiger partial charge in [-0.05, 0) is 50.4 Å². The minimum atomic E-state index is -0.380. The van der Waals surface area contributed by atoms with Gasteiger partial charge in [-0.15, -0.1) is 16.4 Å². The average Bonchev–Trinajstić information content (AvgIpc) is 3.51. The number of fused-ring (bicyclic) bond motifs is 2. The van der Waals surface area contributed by atoms with Crippen LogP contribution in [0.5, 0.6) is 5.75 Å². The van der Waals surface area contributed by atoms with Crippen molar-refractivity contribution in [3.05, 3.63) is 64.0 Å². The zero-order chi connectivity index (χ0) is 25.7. The quantitative estimate of drug-likeness (QED) is 0.345. The van der Waals surface area contributed by atoms with Crippen LogP contribution in [0.15, 0.2) is 52.8 Å². The summed E-state index contributed by atoms with van der Waals surface area (Å²) in [5.41, 5.74) is 3.18. The molecule has 1 aliphatic heterocycles. The number of aryl methyl sites for hydroxylation is 1. The summed E-state index contributed by atoms with van der Waals surface area (Å²) in [6.45, 7) is 5.88. The molecule has 1 aliphatic rings. The van der Waals surface area contributed by atoms with Gasteiger partial charge in [0.15, 0.2) is 5.82 Å². The molecule has 37 heavy (non-hydrogen) atoms. The first-order valence-electron chi connectivity index (χ1n) is 12.3. The molecular weight excluding hydrogens is 491 g/mol. The van der Waals surface area contributed by atoms with Gasteiger partial charge in [0.25, 0.3) is 0 Å². The number of halogens is 1. The van der Waals surface area contributed by atoms with Gasteiger partial charge in [-0.25, -0.2) is 8.91 Å². The number of hydrogen-bond donors (Lipinski definition) is 0. The van der Waals surface area contributed by atoms with Crippen LogP contribution in [-0.4, -0.2) is 64.4 Å². The number of rotatable bonds is 5. The van der Waals surface area contributed by atoms with E-state index in [4.69, 9.17) is 9.84 Å². The van der Waals surface area contributed by atoms with Crippen LogP contribution in [0.4, 0.5) is 10.1 Å². The Hall–Kier alpha value is -3.76. The lowest BCUT2D eigenvalue weighted by atomic mass is 10.1. The van der Waals surface area contributed by atoms with Crippen molar-refractivity contribution in [1.82, 2.24) is 24.1 Å². The second-order valence-corrected chi connectivity index (χ2v) is 10.1. The number of thiazole rings is 1. The molecule has 0 radical (unpaired) electrons. The van der Waals surface area contributed by atoms with Crippen molar-refractivity contribution in [2.24, 2.45) is 0 Å². The number of ether oxygens (including phenoxy) is 1. The van der Waals surface area contributed by atoms with Crippen LogP contribution in [-0.2, 0) is 6.54 Å². The summed E-state index contributed by atoms with van der Waals surface area (Å²) in [5.74, 6) is 0.725. The third-order valence-corrected chi connectivity index (χ3v) is 7.86. The van der Waals surface area contributed by atoms with Gasteiger partial charge >= 0.3 is 0 Å². The Bertz CT molecular complexity index is 1660. The van der Waals surface area contributed by atoms with Gasteiger partial charge in [-0.2, -0.15) is 4.98 Å². The predicted molar refractivity (Wildman–Crippen MR) is 145 cm³/mol. The number of anilines is 1. The zero-order valence-electron chi connectivity index (χ0n) is 20.9. The summed E-state index contributed by atoms with van der Waals surface area (Å²) in [4.78, 5) is 23.2. The fourth-order valence-corrected chi connectivity index (χ4v) is 5.70. The van der Waals surface area contributed by atoms with Gasteiger partial charge in [-0.3, -0.25) is 4.79 Å². The van der Waals surface area contributed by atoms with Gasteiger partial charge in [0.1, 0.15) is 11.6 Å². The highest BCUT2D eigenvalue weighted by molar-refractivity contribution is 7.15. The summed E-state index contributed by atoms with van der Waals surface area (Å²) in [6, 6.07) is 10.9. The summed E-state index contributed by atoms with van der Waals surface area (Å²) in [5, 5.41) is 7.01. The van der Waals surface area contributed by atoms with E-state index in [9.17, 15) is 4.79 Å². The maximum Gasteiger partial charge on any atom is 0.213 e. The van der Waals surface area contributed by atoms with Crippen molar-refractivity contribution < 1.29 is 9.13 Å². The molecule has 0 N–H and O–H groups in total. The van der Waals surface area contributed by atoms with Crippen molar-refractivity contribution in [3.8, 4) is 28.4 Å². The number of nitrogens with zero attached hydrogens (tertiary/aromatic N) is 6. The third-order valence-electron chi connectivity index (χ3n) is 7.04. The predicted octanol–water partition coefficient (Wildman–Crippen LogP) is 4.36. The van der Waals surface area contributed by atoms with Crippen molar-refractivity contribution in [1.29, 1.82) is 0 Å². The Labute approximate surface area is 217 Å². The van der Waals surface area contributed by atoms with Crippen LogP contribution < -0.4 is 15.1 Å². The lowest BCUT2D eigenvalue weighted by molar-refractivity contribution is 0.312. The Balaban J connectivity index is 1.44. The Morgan fingerprint density at radius 1 is 1.11 bits per heavy atom. The molecule has 0 saturated carbocycles. The number of hydrogen-bond acceptors (Lipinski definition) is 7. The molecule has 5 aromatic rings. The number of likely N-dealkylation sites (N-methyl/N-ethyl adjacent to an activating group) is 1. The van der Waals surface area contributed by atoms with Crippen LogP contribution >= 0.6 is 11.3 Å². The minimum absolute atomic E-state index is 0.271. The molecule has 6 rings (SSSR count). The fourth-order valence-electron chi connectivity index (χ4n) is 4.87. The van der Waals surface area contributed by atoms with Crippen molar-refractivity contribution in [3.63, 3.8) is 0 Å². The fraction of sp³-hybridized carbons (Fsp3) is 0.296. The first-order chi connectivity index (χ1) is 18.0. The number of methoxy groups -OCH3 is 1. The van der Waals surface area contributed by atoms with Gasteiger partial charge in [-0.1, -0.05) is 0 Å². The van der Waals surface area contributed by atoms with Gasteiger partial charge < -0.3 is 19.1 Å². The van der Waals surface area contributed by atoms with Crippen LogP contribution in [0.3, 0.4) is 0 Å². The monoisotopic (exact) mass is 518 g/mol. The Morgan fingerprint density at radius 2 is 1.86 bits per heavy atom. The first kappa shape index (κ1) is 23.6. The van der Waals surface area contributed by atoms with Gasteiger partial charge in [0.05, 0.1) is 29.6 Å². The van der Waals surface area contributed by atoms with E-state index < -0.39 is 0 Å². The highest BCUT2D eigenvalue weighted by atomic mass is 32.1.